The number of hydrogen-bond acceptors (Lipinski definition) is 2. The van der Waals surface area contributed by atoms with Crippen LogP contribution in [0.1, 0.15) is 59.3 Å². The van der Waals surface area contributed by atoms with Crippen LogP contribution in [0.3, 0.4) is 0 Å². The summed E-state index contributed by atoms with van der Waals surface area (Å²) in [5, 5.41) is 11.0. The van der Waals surface area contributed by atoms with Gasteiger partial charge in [0.15, 0.2) is 0 Å². The Kier molecular flexibility index (Phi) is 2.49. The van der Waals surface area contributed by atoms with Crippen molar-refractivity contribution in [2.45, 2.75) is 71.6 Å². The first-order valence-electron chi connectivity index (χ1n) is 8.41. The fourth-order valence-corrected chi connectivity index (χ4v) is 7.10. The molecular weight excluding hydrogens is 250 g/mol. The van der Waals surface area contributed by atoms with E-state index in [4.69, 9.17) is 0 Å². The summed E-state index contributed by atoms with van der Waals surface area (Å²) in [6.45, 7) is 6.26. The van der Waals surface area contributed by atoms with E-state index in [1.54, 1.807) is 6.92 Å². The van der Waals surface area contributed by atoms with E-state index in [-0.39, 0.29) is 11.3 Å². The predicted octanol–water partition coefficient (Wildman–Crippen LogP) is 2.78. The van der Waals surface area contributed by atoms with Gasteiger partial charge in [-0.25, -0.2) is 0 Å². The highest BCUT2D eigenvalue weighted by Gasteiger charge is 2.73. The molecule has 0 aromatic heterocycles. The van der Waals surface area contributed by atoms with Crippen molar-refractivity contribution in [3.8, 4) is 0 Å². The Morgan fingerprint density at radius 3 is 2.55 bits per heavy atom. The lowest BCUT2D eigenvalue weighted by Gasteiger charge is -2.73. The molecule has 4 bridgehead atoms. The third-order valence-corrected chi connectivity index (χ3v) is 7.86. The zero-order chi connectivity index (χ0) is 14.3. The second kappa shape index (κ2) is 3.79. The summed E-state index contributed by atoms with van der Waals surface area (Å²) in [6.07, 6.45) is 7.09. The number of nitrogens with zero attached hydrogens (tertiary/aromatic N) is 1. The molecule has 2 aliphatic heterocycles. The predicted molar refractivity (Wildman–Crippen MR) is 76.7 cm³/mol. The molecule has 2 heterocycles. The molecule has 3 saturated carbocycles. The molecule has 2 saturated heterocycles. The van der Waals surface area contributed by atoms with E-state index in [1.807, 2.05) is 4.90 Å². The summed E-state index contributed by atoms with van der Waals surface area (Å²) >= 11 is 0. The summed E-state index contributed by atoms with van der Waals surface area (Å²) in [5.41, 5.74) is 0.233. The molecule has 0 radical (unpaired) electrons. The first-order valence-corrected chi connectivity index (χ1v) is 8.41. The average Bonchev–Trinajstić information content (AvgIpc) is 2.82. The fraction of sp³-hybridized carbons (Fsp3) is 0.941. The molecule has 0 aromatic rings. The van der Waals surface area contributed by atoms with Crippen LogP contribution in [0.2, 0.25) is 0 Å². The van der Waals surface area contributed by atoms with Crippen molar-refractivity contribution in [2.75, 3.05) is 0 Å². The third-order valence-electron chi connectivity index (χ3n) is 7.86. The quantitative estimate of drug-likeness (QED) is 0.739. The Labute approximate surface area is 121 Å². The summed E-state index contributed by atoms with van der Waals surface area (Å²) in [7, 11) is 0. The van der Waals surface area contributed by atoms with Gasteiger partial charge in [-0.15, -0.1) is 0 Å². The molecule has 112 valence electrons. The highest BCUT2D eigenvalue weighted by Crippen LogP contribution is 2.72. The van der Waals surface area contributed by atoms with Gasteiger partial charge >= 0.3 is 0 Å². The van der Waals surface area contributed by atoms with Gasteiger partial charge in [-0.2, -0.15) is 0 Å². The minimum atomic E-state index is -0.564. The van der Waals surface area contributed by atoms with Gasteiger partial charge in [0.1, 0.15) is 6.23 Å². The Morgan fingerprint density at radius 2 is 1.90 bits per heavy atom. The van der Waals surface area contributed by atoms with Crippen LogP contribution in [-0.4, -0.2) is 28.2 Å². The van der Waals surface area contributed by atoms with Crippen LogP contribution in [0.5, 0.6) is 0 Å². The smallest absolute Gasteiger partial charge is 0.221 e. The largest absolute Gasteiger partial charge is 0.373 e. The summed E-state index contributed by atoms with van der Waals surface area (Å²) in [5.74, 6) is 1.85. The van der Waals surface area contributed by atoms with Crippen LogP contribution >= 0.6 is 0 Å². The molecule has 1 N–H and O–H groups in total. The van der Waals surface area contributed by atoms with E-state index in [2.05, 4.69) is 13.8 Å². The van der Waals surface area contributed by atoms with Gasteiger partial charge in [0, 0.05) is 18.4 Å². The minimum absolute atomic E-state index is 0.0808. The molecule has 5 fully saturated rings. The van der Waals surface area contributed by atoms with E-state index in [9.17, 15) is 9.90 Å². The number of piperidine rings is 2. The zero-order valence-corrected chi connectivity index (χ0v) is 12.9. The molecule has 7 atom stereocenters. The van der Waals surface area contributed by atoms with Gasteiger partial charge in [-0.05, 0) is 48.9 Å². The van der Waals surface area contributed by atoms with Crippen molar-refractivity contribution in [3.05, 3.63) is 0 Å². The van der Waals surface area contributed by atoms with Gasteiger partial charge < -0.3 is 10.0 Å². The lowest BCUT2D eigenvalue weighted by atomic mass is 9.40. The van der Waals surface area contributed by atoms with Gasteiger partial charge in [0.05, 0.1) is 0 Å². The topological polar surface area (TPSA) is 40.5 Å². The Hall–Kier alpha value is -0.570. The molecule has 5 rings (SSSR count). The van der Waals surface area contributed by atoms with Crippen LogP contribution in [0.15, 0.2) is 0 Å². The number of fused-ring (bicyclic) bond motifs is 1. The van der Waals surface area contributed by atoms with E-state index >= 15 is 0 Å². The third kappa shape index (κ3) is 1.17. The molecule has 0 aromatic carbocycles. The second-order valence-corrected chi connectivity index (χ2v) is 8.13. The maximum Gasteiger partial charge on any atom is 0.221 e. The first kappa shape index (κ1) is 13.1. The van der Waals surface area contributed by atoms with Crippen molar-refractivity contribution in [1.82, 2.24) is 4.90 Å². The van der Waals surface area contributed by atoms with Gasteiger partial charge in [-0.3, -0.25) is 4.79 Å². The zero-order valence-electron chi connectivity index (χ0n) is 12.9. The van der Waals surface area contributed by atoms with Crippen molar-refractivity contribution in [2.24, 2.45) is 28.6 Å². The van der Waals surface area contributed by atoms with Crippen molar-refractivity contribution in [3.63, 3.8) is 0 Å². The molecule has 3 aliphatic carbocycles. The lowest BCUT2D eigenvalue weighted by Crippen LogP contribution is -2.78. The van der Waals surface area contributed by atoms with Crippen LogP contribution in [0.25, 0.3) is 0 Å². The SMILES string of the molecule is CC(=O)N1[C@@H](O)[C@@]2(C)C(C)[C@H]3CCC[C@@]4(CCC[C@H]42)[C@@H]31. The molecule has 1 unspecified atom stereocenters. The molecule has 20 heavy (non-hydrogen) atoms. The van der Waals surface area contributed by atoms with Crippen LogP contribution < -0.4 is 0 Å². The number of rotatable bonds is 0. The first-order chi connectivity index (χ1) is 9.44. The van der Waals surface area contributed by atoms with Gasteiger partial charge in [0.25, 0.3) is 0 Å². The highest BCUT2D eigenvalue weighted by atomic mass is 16.3. The van der Waals surface area contributed by atoms with Crippen molar-refractivity contribution < 1.29 is 9.90 Å². The van der Waals surface area contributed by atoms with E-state index in [0.29, 0.717) is 29.2 Å². The normalized spacial score (nSPS) is 56.8. The fourth-order valence-electron chi connectivity index (χ4n) is 7.10. The molecule has 3 nitrogen and oxygen atoms in total. The Bertz CT molecular complexity index is 464. The summed E-state index contributed by atoms with van der Waals surface area (Å²) in [6, 6.07) is 0.313. The number of amides is 1. The second-order valence-electron chi connectivity index (χ2n) is 8.13. The van der Waals surface area contributed by atoms with Crippen molar-refractivity contribution in [1.29, 1.82) is 0 Å². The molecule has 5 aliphatic rings. The van der Waals surface area contributed by atoms with Gasteiger partial charge in [0.2, 0.25) is 5.91 Å². The monoisotopic (exact) mass is 277 g/mol. The van der Waals surface area contributed by atoms with E-state index < -0.39 is 6.23 Å². The van der Waals surface area contributed by atoms with Crippen LogP contribution in [0.4, 0.5) is 0 Å². The van der Waals surface area contributed by atoms with Crippen LogP contribution in [0, 0.1) is 28.6 Å². The summed E-state index contributed by atoms with van der Waals surface area (Å²) in [4.78, 5) is 14.1. The maximum atomic E-state index is 12.2. The highest BCUT2D eigenvalue weighted by molar-refractivity contribution is 5.74. The maximum absolute atomic E-state index is 12.2. The van der Waals surface area contributed by atoms with Crippen LogP contribution in [-0.2, 0) is 4.79 Å². The van der Waals surface area contributed by atoms with E-state index in [1.165, 1.54) is 38.5 Å². The molecule has 3 heteroatoms. The number of aliphatic hydroxyl groups excluding tert-OH is 1. The summed E-state index contributed by atoms with van der Waals surface area (Å²) < 4.78 is 0. The number of carbonyl (C=O) groups excluding carboxylic acids is 1. The number of hydrogen-bond donors (Lipinski definition) is 1. The Balaban J connectivity index is 1.92. The van der Waals surface area contributed by atoms with E-state index in [0.717, 1.165) is 0 Å². The lowest BCUT2D eigenvalue weighted by molar-refractivity contribution is -0.297. The minimum Gasteiger partial charge on any atom is -0.373 e. The Morgan fingerprint density at radius 1 is 1.25 bits per heavy atom. The van der Waals surface area contributed by atoms with Gasteiger partial charge in [-0.1, -0.05) is 26.7 Å². The standard InChI is InChI=1S/C17H27NO2/c1-10-12-6-4-8-17-9-5-7-13(17)16(10,3)15(20)18(11(2)19)14(12)17/h10,12-15,20H,4-9H2,1-3H3/t10?,12-,13+,14-,15+,16+,17+/m1/s1. The molecular formula is C17H27NO2. The molecule has 1 amide bonds. The number of carbonyl (C=O) groups is 1. The van der Waals surface area contributed by atoms with Crippen molar-refractivity contribution >= 4 is 5.91 Å². The number of aliphatic hydroxyl groups is 1. The molecule has 1 spiro atoms. The average molecular weight is 277 g/mol.